The summed E-state index contributed by atoms with van der Waals surface area (Å²) in [5, 5.41) is 0. The maximum Gasteiger partial charge on any atom is 0.239 e. The molecule has 1 aliphatic heterocycles. The minimum absolute atomic E-state index is 0.0238. The van der Waals surface area contributed by atoms with Crippen molar-refractivity contribution in [3.05, 3.63) is 102 Å². The van der Waals surface area contributed by atoms with Crippen molar-refractivity contribution in [1.82, 2.24) is 0 Å². The molecule has 4 nitrogen and oxygen atoms in total. The molecule has 3 aromatic rings. The number of allylic oxidation sites excluding steroid dienone is 2. The van der Waals surface area contributed by atoms with Gasteiger partial charge in [-0.3, -0.25) is 14.4 Å². The molecule has 2 amide bonds. The Hall–Kier alpha value is -3.79. The van der Waals surface area contributed by atoms with E-state index in [-0.39, 0.29) is 17.6 Å². The highest BCUT2D eigenvalue weighted by Crippen LogP contribution is 2.75. The number of anilines is 1. The molecule has 0 aromatic heterocycles. The fourth-order valence-corrected chi connectivity index (χ4v) is 7.41. The van der Waals surface area contributed by atoms with Gasteiger partial charge in [-0.1, -0.05) is 92.2 Å². The Labute approximate surface area is 211 Å². The van der Waals surface area contributed by atoms with Crippen LogP contribution in [0.1, 0.15) is 43.4 Å². The van der Waals surface area contributed by atoms with Crippen molar-refractivity contribution in [2.75, 3.05) is 4.90 Å². The number of carbonyl (C=O) groups excluding carboxylic acids is 3. The van der Waals surface area contributed by atoms with Gasteiger partial charge in [-0.2, -0.15) is 0 Å². The summed E-state index contributed by atoms with van der Waals surface area (Å²) in [6.45, 7) is 5.88. The van der Waals surface area contributed by atoms with Gasteiger partial charge in [-0.25, -0.2) is 4.90 Å². The molecule has 2 fully saturated rings. The van der Waals surface area contributed by atoms with Crippen LogP contribution < -0.4 is 4.90 Å². The van der Waals surface area contributed by atoms with Gasteiger partial charge in [0.15, 0.2) is 5.78 Å². The highest BCUT2D eigenvalue weighted by molar-refractivity contribution is 6.34. The van der Waals surface area contributed by atoms with E-state index in [1.807, 2.05) is 98.8 Å². The summed E-state index contributed by atoms with van der Waals surface area (Å²) in [5.74, 6) is -1.90. The average Bonchev–Trinajstić information content (AvgIpc) is 3.35. The summed E-state index contributed by atoms with van der Waals surface area (Å²) in [6, 6.07) is 27.4. The maximum absolute atomic E-state index is 14.6. The molecule has 6 rings (SSSR count). The quantitative estimate of drug-likeness (QED) is 0.419. The van der Waals surface area contributed by atoms with Gasteiger partial charge in [0.05, 0.1) is 28.4 Å². The van der Waals surface area contributed by atoms with Crippen molar-refractivity contribution >= 4 is 34.4 Å². The maximum atomic E-state index is 14.6. The molecule has 180 valence electrons. The summed E-state index contributed by atoms with van der Waals surface area (Å²) in [4.78, 5) is 44.4. The van der Waals surface area contributed by atoms with Gasteiger partial charge in [0.25, 0.3) is 0 Å². The van der Waals surface area contributed by atoms with Crippen LogP contribution in [-0.2, 0) is 14.4 Å². The molecular formula is C32H29NO3. The van der Waals surface area contributed by atoms with Crippen LogP contribution in [-0.4, -0.2) is 17.6 Å². The second-order valence-corrected chi connectivity index (χ2v) is 10.5. The molecule has 1 saturated heterocycles. The van der Waals surface area contributed by atoms with Gasteiger partial charge < -0.3 is 0 Å². The van der Waals surface area contributed by atoms with E-state index in [1.165, 1.54) is 4.90 Å². The molecule has 1 heterocycles. The zero-order chi connectivity index (χ0) is 25.2. The number of Topliss-reactive ketones (excluding diaryl/α,β-unsaturated/α-hetero) is 1. The number of rotatable bonds is 5. The van der Waals surface area contributed by atoms with Crippen LogP contribution in [0.25, 0.3) is 11.1 Å². The third-order valence-electron chi connectivity index (χ3n) is 8.68. The van der Waals surface area contributed by atoms with Crippen LogP contribution in [0.4, 0.5) is 5.69 Å². The predicted octanol–water partition coefficient (Wildman–Crippen LogP) is 6.10. The molecule has 3 aromatic carbocycles. The molecular weight excluding hydrogens is 446 g/mol. The molecule has 4 heteroatoms. The molecule has 2 aliphatic carbocycles. The first-order valence-corrected chi connectivity index (χ1v) is 12.7. The van der Waals surface area contributed by atoms with Crippen molar-refractivity contribution in [1.29, 1.82) is 0 Å². The molecule has 3 aliphatic rings. The first kappa shape index (κ1) is 22.7. The predicted molar refractivity (Wildman–Crippen MR) is 141 cm³/mol. The Kier molecular flexibility index (Phi) is 4.95. The van der Waals surface area contributed by atoms with Crippen LogP contribution >= 0.6 is 0 Å². The molecule has 0 spiro atoms. The number of carbonyl (C=O) groups is 3. The van der Waals surface area contributed by atoms with Crippen LogP contribution in [0.5, 0.6) is 0 Å². The Morgan fingerprint density at radius 3 is 1.83 bits per heavy atom. The number of benzene rings is 3. The fraction of sp³-hybridized carbons (Fsp3) is 0.281. The largest absolute Gasteiger partial charge is 0.298 e. The van der Waals surface area contributed by atoms with E-state index in [0.717, 1.165) is 34.3 Å². The second kappa shape index (κ2) is 7.86. The standard InChI is InChI=1S/C32H29NO3/c1-4-19-32-25(22-16-9-6-10-17-22)24(21-14-7-5-8-15-21)31(3,30(32)36)26-27(32)29(35)33(28(26)34)23-18-12-11-13-20(23)2/h5-18,26-27H,4,19H2,1-3H3/t26-,27+,31-,32-/m0/s1. The smallest absolute Gasteiger partial charge is 0.239 e. The van der Waals surface area contributed by atoms with E-state index in [0.29, 0.717) is 12.1 Å². The van der Waals surface area contributed by atoms with E-state index in [9.17, 15) is 14.4 Å². The molecule has 2 bridgehead atoms. The minimum Gasteiger partial charge on any atom is -0.298 e. The lowest BCUT2D eigenvalue weighted by molar-refractivity contribution is -0.134. The molecule has 0 N–H and O–H groups in total. The monoisotopic (exact) mass is 475 g/mol. The zero-order valence-electron chi connectivity index (χ0n) is 20.8. The van der Waals surface area contributed by atoms with Crippen LogP contribution in [0.2, 0.25) is 0 Å². The highest BCUT2D eigenvalue weighted by Gasteiger charge is 2.80. The number of aryl methyl sites for hydroxylation is 1. The number of hydrogen-bond donors (Lipinski definition) is 0. The lowest BCUT2D eigenvalue weighted by atomic mass is 9.61. The van der Waals surface area contributed by atoms with E-state index in [1.54, 1.807) is 0 Å². The summed E-state index contributed by atoms with van der Waals surface area (Å²) >= 11 is 0. The van der Waals surface area contributed by atoms with Gasteiger partial charge in [-0.15, -0.1) is 0 Å². The summed E-state index contributed by atoms with van der Waals surface area (Å²) in [6.07, 6.45) is 1.26. The molecule has 0 unspecified atom stereocenters. The third kappa shape index (κ3) is 2.62. The molecule has 36 heavy (non-hydrogen) atoms. The zero-order valence-corrected chi connectivity index (χ0v) is 20.8. The number of amides is 2. The van der Waals surface area contributed by atoms with E-state index < -0.39 is 22.7 Å². The number of hydrogen-bond acceptors (Lipinski definition) is 3. The second-order valence-electron chi connectivity index (χ2n) is 10.5. The summed E-state index contributed by atoms with van der Waals surface area (Å²) < 4.78 is 0. The third-order valence-corrected chi connectivity index (χ3v) is 8.68. The van der Waals surface area contributed by atoms with Gasteiger partial charge in [0.2, 0.25) is 11.8 Å². The van der Waals surface area contributed by atoms with Gasteiger partial charge in [0.1, 0.15) is 0 Å². The van der Waals surface area contributed by atoms with Gasteiger partial charge >= 0.3 is 0 Å². The summed E-state index contributed by atoms with van der Waals surface area (Å²) in [5.41, 5.74) is 3.09. The fourth-order valence-electron chi connectivity index (χ4n) is 7.41. The van der Waals surface area contributed by atoms with Crippen LogP contribution in [0.15, 0.2) is 84.9 Å². The van der Waals surface area contributed by atoms with E-state index in [2.05, 4.69) is 6.92 Å². The van der Waals surface area contributed by atoms with Crippen LogP contribution in [0, 0.1) is 29.6 Å². The minimum atomic E-state index is -1.09. The number of fused-ring (bicyclic) bond motifs is 5. The summed E-state index contributed by atoms with van der Waals surface area (Å²) in [7, 11) is 0. The number of ketones is 1. The average molecular weight is 476 g/mol. The van der Waals surface area contributed by atoms with E-state index in [4.69, 9.17) is 0 Å². The number of para-hydroxylation sites is 1. The lowest BCUT2D eigenvalue weighted by Crippen LogP contribution is -2.41. The Bertz CT molecular complexity index is 1440. The first-order valence-electron chi connectivity index (χ1n) is 12.7. The molecule has 4 atom stereocenters. The lowest BCUT2D eigenvalue weighted by Gasteiger charge is -2.37. The van der Waals surface area contributed by atoms with Crippen molar-refractivity contribution in [3.8, 4) is 0 Å². The Morgan fingerprint density at radius 1 is 0.722 bits per heavy atom. The Balaban J connectivity index is 1.67. The molecule has 0 radical (unpaired) electrons. The normalized spacial score (nSPS) is 28.9. The van der Waals surface area contributed by atoms with Gasteiger partial charge in [-0.05, 0) is 54.2 Å². The topological polar surface area (TPSA) is 54.5 Å². The van der Waals surface area contributed by atoms with E-state index >= 15 is 0 Å². The van der Waals surface area contributed by atoms with Crippen molar-refractivity contribution in [3.63, 3.8) is 0 Å². The van der Waals surface area contributed by atoms with Crippen molar-refractivity contribution in [2.45, 2.75) is 33.6 Å². The SMILES string of the molecule is CCC[C@]12C(=O)[C@@](C)(C(c3ccccc3)=C1c1ccccc1)[C@@H]1C(=O)N(c3ccccc3C)C(=O)[C@@H]12. The first-order chi connectivity index (χ1) is 17.4. The van der Waals surface area contributed by atoms with Gasteiger partial charge in [0, 0.05) is 0 Å². The van der Waals surface area contributed by atoms with Crippen molar-refractivity contribution < 1.29 is 14.4 Å². The number of nitrogens with zero attached hydrogens (tertiary/aromatic N) is 1. The number of imide groups is 1. The van der Waals surface area contributed by atoms with Crippen molar-refractivity contribution in [2.24, 2.45) is 22.7 Å². The van der Waals surface area contributed by atoms with Crippen LogP contribution in [0.3, 0.4) is 0 Å². The Morgan fingerprint density at radius 2 is 1.25 bits per heavy atom. The highest BCUT2D eigenvalue weighted by atomic mass is 16.2. The molecule has 1 saturated carbocycles.